The molecule has 0 saturated heterocycles. The number of ketones is 1. The van der Waals surface area contributed by atoms with Crippen molar-refractivity contribution >= 4 is 11.8 Å². The molecular formula is C22H32O3. The summed E-state index contributed by atoms with van der Waals surface area (Å²) in [6, 6.07) is 9.09. The first kappa shape index (κ1) is 19.7. The molecule has 0 radical (unpaired) electrons. The number of benzene rings is 1. The van der Waals surface area contributed by atoms with Gasteiger partial charge >= 0.3 is 5.97 Å². The summed E-state index contributed by atoms with van der Waals surface area (Å²) >= 11 is 0. The fourth-order valence-electron chi connectivity index (χ4n) is 3.93. The summed E-state index contributed by atoms with van der Waals surface area (Å²) in [5.74, 6) is 0.326. The molecule has 4 atom stereocenters. The lowest BCUT2D eigenvalue weighted by Crippen LogP contribution is -2.38. The second-order valence-corrected chi connectivity index (χ2v) is 7.87. The summed E-state index contributed by atoms with van der Waals surface area (Å²) in [5, 5.41) is 0. The minimum Gasteiger partial charge on any atom is -0.462 e. The number of Topliss-reactive ketones (excluding diaryl/α,β-unsaturated/α-hetero) is 1. The molecule has 2 rings (SSSR count). The molecule has 1 saturated carbocycles. The van der Waals surface area contributed by atoms with Crippen LogP contribution < -0.4 is 0 Å². The monoisotopic (exact) mass is 344 g/mol. The molecule has 1 fully saturated rings. The number of carbonyl (C=O) groups excluding carboxylic acids is 2. The highest BCUT2D eigenvalue weighted by Gasteiger charge is 2.36. The first-order valence-corrected chi connectivity index (χ1v) is 9.73. The molecule has 0 heterocycles. The predicted molar refractivity (Wildman–Crippen MR) is 100 cm³/mol. The number of rotatable bonds is 7. The smallest absolute Gasteiger partial charge is 0.317 e. The highest BCUT2D eigenvalue weighted by Crippen LogP contribution is 2.36. The van der Waals surface area contributed by atoms with Gasteiger partial charge in [0.1, 0.15) is 12.0 Å². The molecule has 0 unspecified atom stereocenters. The number of ether oxygens (including phenoxy) is 1. The zero-order valence-corrected chi connectivity index (χ0v) is 16.0. The summed E-state index contributed by atoms with van der Waals surface area (Å²) in [5.41, 5.74) is 0.593. The Morgan fingerprint density at radius 3 is 2.44 bits per heavy atom. The van der Waals surface area contributed by atoms with Crippen molar-refractivity contribution in [1.29, 1.82) is 0 Å². The minimum absolute atomic E-state index is 0.0563. The fourth-order valence-corrected chi connectivity index (χ4v) is 3.93. The predicted octanol–water partition coefficient (Wildman–Crippen LogP) is 5.29. The summed E-state index contributed by atoms with van der Waals surface area (Å²) in [6.07, 6.45) is 4.47. The van der Waals surface area contributed by atoms with Crippen molar-refractivity contribution in [2.45, 2.75) is 65.9 Å². The molecular weight excluding hydrogens is 312 g/mol. The lowest BCUT2D eigenvalue weighted by atomic mass is 9.75. The van der Waals surface area contributed by atoms with Gasteiger partial charge in [-0.1, -0.05) is 70.9 Å². The zero-order chi connectivity index (χ0) is 18.4. The van der Waals surface area contributed by atoms with E-state index in [1.807, 2.05) is 25.1 Å². The molecule has 3 nitrogen and oxygen atoms in total. The van der Waals surface area contributed by atoms with Gasteiger partial charge in [0.05, 0.1) is 0 Å². The van der Waals surface area contributed by atoms with Gasteiger partial charge in [-0.2, -0.15) is 0 Å². The Bertz CT molecular complexity index is 564. The van der Waals surface area contributed by atoms with E-state index in [-0.39, 0.29) is 17.9 Å². The van der Waals surface area contributed by atoms with E-state index in [9.17, 15) is 9.59 Å². The third-order valence-corrected chi connectivity index (χ3v) is 5.47. The van der Waals surface area contributed by atoms with E-state index in [2.05, 4.69) is 20.8 Å². The van der Waals surface area contributed by atoms with E-state index < -0.39 is 5.92 Å². The van der Waals surface area contributed by atoms with Crippen molar-refractivity contribution in [2.75, 3.05) is 0 Å². The Morgan fingerprint density at radius 1 is 1.16 bits per heavy atom. The number of hydrogen-bond donors (Lipinski definition) is 0. The number of hydrogen-bond acceptors (Lipinski definition) is 3. The second-order valence-electron chi connectivity index (χ2n) is 7.87. The van der Waals surface area contributed by atoms with Gasteiger partial charge in [-0.15, -0.1) is 0 Å². The van der Waals surface area contributed by atoms with Gasteiger partial charge in [0, 0.05) is 5.56 Å². The van der Waals surface area contributed by atoms with Gasteiger partial charge in [-0.25, -0.2) is 0 Å². The van der Waals surface area contributed by atoms with Crippen LogP contribution in [0.2, 0.25) is 0 Å². The lowest BCUT2D eigenvalue weighted by molar-refractivity contribution is -0.159. The Hall–Kier alpha value is -1.64. The fraction of sp³-hybridized carbons (Fsp3) is 0.636. The third-order valence-electron chi connectivity index (χ3n) is 5.47. The summed E-state index contributed by atoms with van der Waals surface area (Å²) in [6.45, 7) is 8.61. The molecule has 1 aliphatic rings. The van der Waals surface area contributed by atoms with Crippen LogP contribution >= 0.6 is 0 Å². The molecule has 0 aromatic heterocycles. The standard InChI is InChI=1S/C22H32O3/c1-5-9-19(21(23)17-10-7-6-8-11-17)22(24)25-20-14-16(4)12-13-18(20)15(2)3/h6-8,10-11,15-16,18-20H,5,9,12-14H2,1-4H3/t16-,18-,19-,20+/m0/s1. The van der Waals surface area contributed by atoms with Gasteiger partial charge in [0.25, 0.3) is 0 Å². The Labute approximate surface area is 152 Å². The van der Waals surface area contributed by atoms with Crippen LogP contribution in [0.15, 0.2) is 30.3 Å². The molecule has 1 aromatic carbocycles. The SMILES string of the molecule is CCC[C@H](C(=O)O[C@@H]1C[C@@H](C)CC[C@H]1C(C)C)C(=O)c1ccccc1. The first-order chi connectivity index (χ1) is 11.9. The highest BCUT2D eigenvalue weighted by atomic mass is 16.5. The Kier molecular flexibility index (Phi) is 7.22. The molecule has 25 heavy (non-hydrogen) atoms. The molecule has 0 spiro atoms. The summed E-state index contributed by atoms with van der Waals surface area (Å²) in [7, 11) is 0. The summed E-state index contributed by atoms with van der Waals surface area (Å²) < 4.78 is 5.93. The highest BCUT2D eigenvalue weighted by molar-refractivity contribution is 6.08. The largest absolute Gasteiger partial charge is 0.462 e. The van der Waals surface area contributed by atoms with Gasteiger partial charge in [0.2, 0.25) is 0 Å². The van der Waals surface area contributed by atoms with E-state index in [0.717, 1.165) is 19.3 Å². The minimum atomic E-state index is -0.683. The third kappa shape index (κ3) is 5.17. The van der Waals surface area contributed by atoms with Crippen molar-refractivity contribution in [2.24, 2.45) is 23.7 Å². The van der Waals surface area contributed by atoms with Crippen LogP contribution in [0, 0.1) is 23.7 Å². The average molecular weight is 344 g/mol. The van der Waals surface area contributed by atoms with E-state index in [4.69, 9.17) is 4.74 Å². The molecule has 3 heteroatoms. The van der Waals surface area contributed by atoms with Gasteiger partial charge < -0.3 is 4.74 Å². The van der Waals surface area contributed by atoms with Gasteiger partial charge in [-0.05, 0) is 37.0 Å². The molecule has 0 aliphatic heterocycles. The van der Waals surface area contributed by atoms with Crippen LogP contribution in [0.4, 0.5) is 0 Å². The van der Waals surface area contributed by atoms with E-state index in [1.165, 1.54) is 6.42 Å². The van der Waals surface area contributed by atoms with Gasteiger partial charge in [-0.3, -0.25) is 9.59 Å². The quantitative estimate of drug-likeness (QED) is 0.383. The second kappa shape index (κ2) is 9.17. The maximum Gasteiger partial charge on any atom is 0.317 e. The van der Waals surface area contributed by atoms with Gasteiger partial charge in [0.15, 0.2) is 5.78 Å². The van der Waals surface area contributed by atoms with Crippen molar-refractivity contribution < 1.29 is 14.3 Å². The van der Waals surface area contributed by atoms with E-state index in [0.29, 0.717) is 29.7 Å². The normalized spacial score (nSPS) is 24.8. The van der Waals surface area contributed by atoms with Crippen molar-refractivity contribution in [3.63, 3.8) is 0 Å². The Balaban J connectivity index is 2.12. The number of carbonyl (C=O) groups is 2. The van der Waals surface area contributed by atoms with Crippen LogP contribution in [0.25, 0.3) is 0 Å². The van der Waals surface area contributed by atoms with Crippen LogP contribution in [-0.4, -0.2) is 17.9 Å². The molecule has 0 amide bonds. The number of esters is 1. The maximum absolute atomic E-state index is 12.8. The molecule has 0 N–H and O–H groups in total. The summed E-state index contributed by atoms with van der Waals surface area (Å²) in [4.78, 5) is 25.6. The van der Waals surface area contributed by atoms with Crippen LogP contribution in [0.1, 0.15) is 70.2 Å². The van der Waals surface area contributed by atoms with Crippen LogP contribution in [0.5, 0.6) is 0 Å². The van der Waals surface area contributed by atoms with E-state index in [1.54, 1.807) is 12.1 Å². The molecule has 138 valence electrons. The average Bonchev–Trinajstić information content (AvgIpc) is 2.59. The topological polar surface area (TPSA) is 43.4 Å². The molecule has 1 aliphatic carbocycles. The maximum atomic E-state index is 12.8. The molecule has 1 aromatic rings. The molecule has 0 bridgehead atoms. The van der Waals surface area contributed by atoms with Crippen molar-refractivity contribution in [1.82, 2.24) is 0 Å². The van der Waals surface area contributed by atoms with Crippen LogP contribution in [-0.2, 0) is 9.53 Å². The van der Waals surface area contributed by atoms with E-state index >= 15 is 0 Å². The van der Waals surface area contributed by atoms with Crippen molar-refractivity contribution in [3.8, 4) is 0 Å². The zero-order valence-electron chi connectivity index (χ0n) is 16.0. The Morgan fingerprint density at radius 2 is 1.84 bits per heavy atom. The van der Waals surface area contributed by atoms with Crippen LogP contribution in [0.3, 0.4) is 0 Å². The lowest BCUT2D eigenvalue weighted by Gasteiger charge is -2.37. The van der Waals surface area contributed by atoms with Crippen molar-refractivity contribution in [3.05, 3.63) is 35.9 Å². The first-order valence-electron chi connectivity index (χ1n) is 9.73.